The molecule has 126 valence electrons. The minimum absolute atomic E-state index is 0. The highest BCUT2D eigenvalue weighted by atomic mass is 127. The molecule has 0 unspecified atom stereocenters. The van der Waals surface area contributed by atoms with Gasteiger partial charge in [0.05, 0.1) is 33.4 Å². The van der Waals surface area contributed by atoms with Crippen molar-refractivity contribution >= 4 is 29.9 Å². The number of rotatable bonds is 6. The van der Waals surface area contributed by atoms with Gasteiger partial charge in [-0.2, -0.15) is 0 Å². The van der Waals surface area contributed by atoms with Crippen molar-refractivity contribution in [1.29, 1.82) is 0 Å². The Hall–Kier alpha value is -1.38. The van der Waals surface area contributed by atoms with E-state index in [-0.39, 0.29) is 24.0 Å². The Labute approximate surface area is 149 Å². The van der Waals surface area contributed by atoms with Gasteiger partial charge in [0.1, 0.15) is 17.2 Å². The lowest BCUT2D eigenvalue weighted by Gasteiger charge is -2.18. The minimum atomic E-state index is 0. The predicted octanol–water partition coefficient (Wildman–Crippen LogP) is 2.40. The molecule has 22 heavy (non-hydrogen) atoms. The highest BCUT2D eigenvalue weighted by molar-refractivity contribution is 14.0. The number of hydrogen-bond acceptors (Lipinski definition) is 4. The summed E-state index contributed by atoms with van der Waals surface area (Å²) in [5, 5.41) is 6.47. The Morgan fingerprint density at radius 2 is 1.64 bits per heavy atom. The Kier molecular flexibility index (Phi) is 9.71. The van der Waals surface area contributed by atoms with Crippen LogP contribution in [-0.2, 0) is 6.54 Å². The normalized spacial score (nSPS) is 10.8. The highest BCUT2D eigenvalue weighted by Crippen LogP contribution is 2.33. The van der Waals surface area contributed by atoms with Gasteiger partial charge in [-0.1, -0.05) is 0 Å². The summed E-state index contributed by atoms with van der Waals surface area (Å²) < 4.78 is 16.1. The maximum Gasteiger partial charge on any atom is 0.191 e. The number of nitrogens with one attached hydrogen (secondary N) is 2. The second kappa shape index (κ2) is 10.4. The molecule has 0 saturated heterocycles. The first-order valence-electron chi connectivity index (χ1n) is 6.81. The van der Waals surface area contributed by atoms with Crippen LogP contribution < -0.4 is 24.8 Å². The SMILES string of the molecule is CN=C(NCc1c(OC)cc(OC)cc1OC)NC(C)C.I. The maximum absolute atomic E-state index is 5.42. The smallest absolute Gasteiger partial charge is 0.191 e. The van der Waals surface area contributed by atoms with E-state index in [1.807, 2.05) is 12.1 Å². The first kappa shape index (κ1) is 20.6. The van der Waals surface area contributed by atoms with Crippen LogP contribution in [0.3, 0.4) is 0 Å². The van der Waals surface area contributed by atoms with Gasteiger partial charge in [0.2, 0.25) is 0 Å². The molecule has 1 aromatic rings. The molecular weight excluding hydrogens is 397 g/mol. The molecule has 1 aromatic carbocycles. The third-order valence-electron chi connectivity index (χ3n) is 2.90. The number of aliphatic imine (C=N–C) groups is 1. The number of hydrogen-bond donors (Lipinski definition) is 2. The number of ether oxygens (including phenoxy) is 3. The lowest BCUT2D eigenvalue weighted by atomic mass is 10.1. The van der Waals surface area contributed by atoms with Crippen LogP contribution in [0, 0.1) is 0 Å². The lowest BCUT2D eigenvalue weighted by molar-refractivity contribution is 0.368. The van der Waals surface area contributed by atoms with Gasteiger partial charge in [0.15, 0.2) is 5.96 Å². The fourth-order valence-electron chi connectivity index (χ4n) is 1.89. The Morgan fingerprint density at radius 1 is 1.09 bits per heavy atom. The summed E-state index contributed by atoms with van der Waals surface area (Å²) in [6.07, 6.45) is 0. The first-order chi connectivity index (χ1) is 10.0. The standard InChI is InChI=1S/C15H25N3O3.HI/c1-10(2)18-15(16-3)17-9-12-13(20-5)7-11(19-4)8-14(12)21-6;/h7-8,10H,9H2,1-6H3,(H2,16,17,18);1H. The zero-order valence-electron chi connectivity index (χ0n) is 14.0. The number of methoxy groups -OCH3 is 3. The van der Waals surface area contributed by atoms with Crippen molar-refractivity contribution in [1.82, 2.24) is 10.6 Å². The van der Waals surface area contributed by atoms with Gasteiger partial charge in [0.25, 0.3) is 0 Å². The molecule has 0 atom stereocenters. The predicted molar refractivity (Wildman–Crippen MR) is 100.0 cm³/mol. The average Bonchev–Trinajstić information content (AvgIpc) is 2.49. The largest absolute Gasteiger partial charge is 0.496 e. The van der Waals surface area contributed by atoms with E-state index < -0.39 is 0 Å². The second-order valence-corrected chi connectivity index (χ2v) is 4.74. The van der Waals surface area contributed by atoms with Crippen LogP contribution >= 0.6 is 24.0 Å². The summed E-state index contributed by atoms with van der Waals surface area (Å²) in [5.74, 6) is 2.83. The van der Waals surface area contributed by atoms with E-state index in [0.29, 0.717) is 29.8 Å². The molecule has 0 amide bonds. The maximum atomic E-state index is 5.42. The van der Waals surface area contributed by atoms with E-state index in [1.165, 1.54) is 0 Å². The van der Waals surface area contributed by atoms with Crippen LogP contribution in [-0.4, -0.2) is 40.4 Å². The molecule has 0 fully saturated rings. The fraction of sp³-hybridized carbons (Fsp3) is 0.533. The first-order valence-corrected chi connectivity index (χ1v) is 6.81. The van der Waals surface area contributed by atoms with Gasteiger partial charge >= 0.3 is 0 Å². The summed E-state index contributed by atoms with van der Waals surface area (Å²) in [6.45, 7) is 4.64. The molecule has 0 radical (unpaired) electrons. The van der Waals surface area contributed by atoms with Crippen LogP contribution in [0.1, 0.15) is 19.4 Å². The van der Waals surface area contributed by atoms with Crippen molar-refractivity contribution < 1.29 is 14.2 Å². The van der Waals surface area contributed by atoms with Gasteiger partial charge in [-0.15, -0.1) is 24.0 Å². The van der Waals surface area contributed by atoms with Gasteiger partial charge in [-0.05, 0) is 13.8 Å². The quantitative estimate of drug-likeness (QED) is 0.418. The summed E-state index contributed by atoms with van der Waals surface area (Å²) in [4.78, 5) is 4.18. The molecule has 0 aliphatic heterocycles. The van der Waals surface area contributed by atoms with E-state index in [0.717, 1.165) is 11.5 Å². The molecule has 0 heterocycles. The van der Waals surface area contributed by atoms with Crippen molar-refractivity contribution in [2.75, 3.05) is 28.4 Å². The number of benzene rings is 1. The molecule has 0 aliphatic carbocycles. The lowest BCUT2D eigenvalue weighted by Crippen LogP contribution is -2.40. The Bertz CT molecular complexity index is 468. The monoisotopic (exact) mass is 423 g/mol. The van der Waals surface area contributed by atoms with Crippen LogP contribution in [0.4, 0.5) is 0 Å². The summed E-state index contributed by atoms with van der Waals surface area (Å²) >= 11 is 0. The van der Waals surface area contributed by atoms with E-state index in [1.54, 1.807) is 28.4 Å². The number of halogens is 1. The van der Waals surface area contributed by atoms with Gasteiger partial charge < -0.3 is 24.8 Å². The van der Waals surface area contributed by atoms with Crippen molar-refractivity contribution in [3.63, 3.8) is 0 Å². The van der Waals surface area contributed by atoms with Crippen molar-refractivity contribution in [2.24, 2.45) is 4.99 Å². The molecule has 0 spiro atoms. The zero-order valence-corrected chi connectivity index (χ0v) is 16.3. The fourth-order valence-corrected chi connectivity index (χ4v) is 1.89. The molecule has 0 aromatic heterocycles. The molecule has 0 aliphatic rings. The van der Waals surface area contributed by atoms with Crippen LogP contribution in [0.2, 0.25) is 0 Å². The molecule has 0 bridgehead atoms. The third-order valence-corrected chi connectivity index (χ3v) is 2.90. The van der Waals surface area contributed by atoms with Crippen LogP contribution in [0.15, 0.2) is 17.1 Å². The minimum Gasteiger partial charge on any atom is -0.496 e. The zero-order chi connectivity index (χ0) is 15.8. The van der Waals surface area contributed by atoms with Gasteiger partial charge in [0, 0.05) is 25.2 Å². The summed E-state index contributed by atoms with van der Waals surface area (Å²) in [6, 6.07) is 3.96. The molecule has 1 rings (SSSR count). The summed E-state index contributed by atoms with van der Waals surface area (Å²) in [5.41, 5.74) is 0.910. The van der Waals surface area contributed by atoms with Crippen molar-refractivity contribution in [3.05, 3.63) is 17.7 Å². The Morgan fingerprint density at radius 3 is 2.00 bits per heavy atom. The third kappa shape index (κ3) is 5.78. The molecule has 6 nitrogen and oxygen atoms in total. The van der Waals surface area contributed by atoms with E-state index in [2.05, 4.69) is 29.5 Å². The van der Waals surface area contributed by atoms with Crippen LogP contribution in [0.5, 0.6) is 17.2 Å². The highest BCUT2D eigenvalue weighted by Gasteiger charge is 2.13. The van der Waals surface area contributed by atoms with Gasteiger partial charge in [-0.3, -0.25) is 4.99 Å². The van der Waals surface area contributed by atoms with Crippen molar-refractivity contribution in [3.8, 4) is 17.2 Å². The number of guanidine groups is 1. The van der Waals surface area contributed by atoms with Crippen LogP contribution in [0.25, 0.3) is 0 Å². The molecule has 7 heteroatoms. The van der Waals surface area contributed by atoms with Crippen molar-refractivity contribution in [2.45, 2.75) is 26.4 Å². The average molecular weight is 423 g/mol. The second-order valence-electron chi connectivity index (χ2n) is 4.74. The Balaban J connectivity index is 0.00000441. The number of nitrogens with zero attached hydrogens (tertiary/aromatic N) is 1. The van der Waals surface area contributed by atoms with Gasteiger partial charge in [-0.25, -0.2) is 0 Å². The molecule has 0 saturated carbocycles. The molecular formula is C15H26IN3O3. The van der Waals surface area contributed by atoms with E-state index in [4.69, 9.17) is 14.2 Å². The van der Waals surface area contributed by atoms with E-state index in [9.17, 15) is 0 Å². The molecule has 2 N–H and O–H groups in total. The summed E-state index contributed by atoms with van der Waals surface area (Å²) in [7, 11) is 6.60. The topological polar surface area (TPSA) is 64.1 Å². The van der Waals surface area contributed by atoms with E-state index >= 15 is 0 Å².